The summed E-state index contributed by atoms with van der Waals surface area (Å²) in [7, 11) is 0. The number of aryl methyl sites for hydroxylation is 2. The fourth-order valence-corrected chi connectivity index (χ4v) is 2.72. The summed E-state index contributed by atoms with van der Waals surface area (Å²) >= 11 is 0. The molecule has 0 radical (unpaired) electrons. The van der Waals surface area contributed by atoms with E-state index in [2.05, 4.69) is 35.4 Å². The van der Waals surface area contributed by atoms with Gasteiger partial charge in [0.15, 0.2) is 0 Å². The molecule has 1 atom stereocenters. The highest BCUT2D eigenvalue weighted by Gasteiger charge is 2.27. The van der Waals surface area contributed by atoms with E-state index in [1.54, 1.807) is 0 Å². The van der Waals surface area contributed by atoms with Gasteiger partial charge in [0.25, 0.3) is 5.91 Å². The Hall–Kier alpha value is -1.55. The average molecular weight is 247 g/mol. The molecule has 98 valence electrons. The molecule has 3 N–H and O–H groups in total. The van der Waals surface area contributed by atoms with E-state index < -0.39 is 0 Å². The monoisotopic (exact) mass is 247 g/mol. The van der Waals surface area contributed by atoms with Crippen molar-refractivity contribution in [1.29, 1.82) is 0 Å². The molecule has 1 heterocycles. The molecule has 1 amide bonds. The number of benzene rings is 1. The number of fused-ring (bicyclic) bond motifs is 1. The van der Waals surface area contributed by atoms with E-state index in [4.69, 9.17) is 5.84 Å². The number of nitrogens with two attached hydrogens (primary N) is 1. The van der Waals surface area contributed by atoms with Crippen LogP contribution in [0.25, 0.3) is 0 Å². The molecular weight excluding hydrogens is 226 g/mol. The minimum Gasteiger partial charge on any atom is -0.359 e. The van der Waals surface area contributed by atoms with E-state index in [-0.39, 0.29) is 11.9 Å². The van der Waals surface area contributed by atoms with Gasteiger partial charge >= 0.3 is 0 Å². The summed E-state index contributed by atoms with van der Waals surface area (Å²) < 4.78 is 0. The van der Waals surface area contributed by atoms with Crippen molar-refractivity contribution in [3.8, 4) is 0 Å². The van der Waals surface area contributed by atoms with Gasteiger partial charge in [0, 0.05) is 12.2 Å². The van der Waals surface area contributed by atoms with Gasteiger partial charge in [-0.3, -0.25) is 10.2 Å². The third-order valence-electron chi connectivity index (χ3n) is 3.60. The van der Waals surface area contributed by atoms with Gasteiger partial charge in [-0.05, 0) is 37.8 Å². The number of nitrogens with zero attached hydrogens (tertiary/aromatic N) is 1. The van der Waals surface area contributed by atoms with Gasteiger partial charge in [-0.1, -0.05) is 24.6 Å². The van der Waals surface area contributed by atoms with Gasteiger partial charge in [-0.15, -0.1) is 0 Å². The summed E-state index contributed by atoms with van der Waals surface area (Å²) in [5.74, 6) is 5.17. The second kappa shape index (κ2) is 5.40. The summed E-state index contributed by atoms with van der Waals surface area (Å²) in [6, 6.07) is 6.27. The van der Waals surface area contributed by atoms with Crippen molar-refractivity contribution in [3.63, 3.8) is 0 Å². The first-order valence-electron chi connectivity index (χ1n) is 6.54. The van der Waals surface area contributed by atoms with Crippen LogP contribution in [0.4, 0.5) is 5.69 Å². The van der Waals surface area contributed by atoms with E-state index >= 15 is 0 Å². The van der Waals surface area contributed by atoms with Gasteiger partial charge < -0.3 is 4.90 Å². The lowest BCUT2D eigenvalue weighted by atomic mass is 9.97. The fraction of sp³-hybridized carbons (Fsp3) is 0.500. The topological polar surface area (TPSA) is 58.4 Å². The summed E-state index contributed by atoms with van der Waals surface area (Å²) in [6.07, 6.45) is 2.94. The zero-order valence-corrected chi connectivity index (χ0v) is 11.1. The van der Waals surface area contributed by atoms with Crippen LogP contribution in [0.2, 0.25) is 0 Å². The number of carbonyl (C=O) groups excluding carboxylic acids is 1. The Morgan fingerprint density at radius 3 is 3.00 bits per heavy atom. The highest BCUT2D eigenvalue weighted by molar-refractivity contribution is 5.85. The van der Waals surface area contributed by atoms with Crippen molar-refractivity contribution < 1.29 is 4.79 Å². The maximum atomic E-state index is 11.8. The predicted octanol–water partition coefficient (Wildman–Crippen LogP) is 1.52. The molecule has 0 saturated carbocycles. The summed E-state index contributed by atoms with van der Waals surface area (Å²) in [4.78, 5) is 14.0. The van der Waals surface area contributed by atoms with Crippen LogP contribution in [0.15, 0.2) is 18.2 Å². The molecular formula is C14H21N3O. The lowest BCUT2D eigenvalue weighted by Crippen LogP contribution is -2.50. The molecule has 0 aliphatic carbocycles. The van der Waals surface area contributed by atoms with Crippen molar-refractivity contribution in [2.75, 3.05) is 11.4 Å². The van der Waals surface area contributed by atoms with Crippen LogP contribution in [-0.2, 0) is 11.2 Å². The number of nitrogens with one attached hydrogen (secondary N) is 1. The molecule has 1 unspecified atom stereocenters. The maximum Gasteiger partial charge on any atom is 0.256 e. The van der Waals surface area contributed by atoms with Crippen LogP contribution >= 0.6 is 0 Å². The second-order valence-corrected chi connectivity index (χ2v) is 4.86. The van der Waals surface area contributed by atoms with Crippen LogP contribution in [0.3, 0.4) is 0 Å². The van der Waals surface area contributed by atoms with E-state index in [1.165, 1.54) is 16.8 Å². The van der Waals surface area contributed by atoms with E-state index in [1.807, 2.05) is 6.92 Å². The van der Waals surface area contributed by atoms with Gasteiger partial charge in [0.2, 0.25) is 0 Å². The molecule has 4 heteroatoms. The summed E-state index contributed by atoms with van der Waals surface area (Å²) in [5, 5.41) is 0. The molecule has 0 saturated heterocycles. The molecule has 1 aliphatic heterocycles. The summed E-state index contributed by atoms with van der Waals surface area (Å²) in [6.45, 7) is 5.04. The number of hydrogen-bond acceptors (Lipinski definition) is 3. The Balaban J connectivity index is 2.34. The Kier molecular flexibility index (Phi) is 3.87. The highest BCUT2D eigenvalue weighted by Crippen LogP contribution is 2.30. The van der Waals surface area contributed by atoms with Gasteiger partial charge in [0.1, 0.15) is 6.04 Å². The van der Waals surface area contributed by atoms with E-state index in [0.29, 0.717) is 0 Å². The number of carbonyl (C=O) groups is 1. The number of hydrazine groups is 1. The Morgan fingerprint density at radius 1 is 1.56 bits per heavy atom. The zero-order chi connectivity index (χ0) is 13.1. The molecule has 4 nitrogen and oxygen atoms in total. The smallest absolute Gasteiger partial charge is 0.256 e. The number of hydrogen-bond donors (Lipinski definition) is 2. The third-order valence-corrected chi connectivity index (χ3v) is 3.60. The molecule has 0 bridgehead atoms. The average Bonchev–Trinajstić information content (AvgIpc) is 2.39. The quantitative estimate of drug-likeness (QED) is 0.483. The van der Waals surface area contributed by atoms with E-state index in [9.17, 15) is 4.79 Å². The van der Waals surface area contributed by atoms with Crippen LogP contribution in [0.1, 0.15) is 30.9 Å². The van der Waals surface area contributed by atoms with Crippen molar-refractivity contribution in [1.82, 2.24) is 5.43 Å². The van der Waals surface area contributed by atoms with Crippen LogP contribution in [-0.4, -0.2) is 18.5 Å². The highest BCUT2D eigenvalue weighted by atomic mass is 16.2. The first kappa shape index (κ1) is 12.9. The molecule has 0 spiro atoms. The summed E-state index contributed by atoms with van der Waals surface area (Å²) in [5.41, 5.74) is 6.07. The molecule has 0 fully saturated rings. The normalized spacial score (nSPS) is 16.1. The molecule has 18 heavy (non-hydrogen) atoms. The third kappa shape index (κ3) is 2.34. The van der Waals surface area contributed by atoms with Crippen LogP contribution in [0.5, 0.6) is 0 Å². The van der Waals surface area contributed by atoms with Crippen molar-refractivity contribution >= 4 is 11.6 Å². The first-order valence-corrected chi connectivity index (χ1v) is 6.54. The number of anilines is 1. The lowest BCUT2D eigenvalue weighted by molar-refractivity contribution is -0.122. The minimum absolute atomic E-state index is 0.106. The fourth-order valence-electron chi connectivity index (χ4n) is 2.72. The van der Waals surface area contributed by atoms with E-state index in [0.717, 1.165) is 25.8 Å². The second-order valence-electron chi connectivity index (χ2n) is 4.86. The Labute approximate surface area is 108 Å². The number of rotatable bonds is 3. The van der Waals surface area contributed by atoms with Crippen LogP contribution in [0, 0.1) is 6.92 Å². The van der Waals surface area contributed by atoms with Crippen molar-refractivity contribution in [3.05, 3.63) is 29.3 Å². The predicted molar refractivity (Wildman–Crippen MR) is 73.3 cm³/mol. The van der Waals surface area contributed by atoms with Crippen molar-refractivity contribution in [2.45, 2.75) is 39.2 Å². The van der Waals surface area contributed by atoms with Crippen LogP contribution < -0.4 is 16.2 Å². The minimum atomic E-state index is -0.170. The maximum absolute atomic E-state index is 11.8. The zero-order valence-electron chi connectivity index (χ0n) is 11.1. The molecule has 1 aliphatic rings. The first-order chi connectivity index (χ1) is 8.67. The Bertz CT molecular complexity index is 445. The van der Waals surface area contributed by atoms with Gasteiger partial charge in [-0.2, -0.15) is 0 Å². The molecule has 2 rings (SSSR count). The SMILES string of the molecule is CCC(C(=O)NN)N1CCCc2cc(C)ccc21. The standard InChI is InChI=1S/C14H21N3O/c1-3-12(14(18)16-15)17-8-4-5-11-9-10(2)6-7-13(11)17/h6-7,9,12H,3-5,8,15H2,1-2H3,(H,16,18). The number of amides is 1. The van der Waals surface area contributed by atoms with Gasteiger partial charge in [0.05, 0.1) is 0 Å². The largest absolute Gasteiger partial charge is 0.359 e. The Morgan fingerprint density at radius 2 is 2.33 bits per heavy atom. The molecule has 1 aromatic carbocycles. The van der Waals surface area contributed by atoms with Crippen molar-refractivity contribution in [2.24, 2.45) is 5.84 Å². The van der Waals surface area contributed by atoms with Gasteiger partial charge in [-0.25, -0.2) is 5.84 Å². The lowest BCUT2D eigenvalue weighted by Gasteiger charge is -2.36. The molecule has 0 aromatic heterocycles. The molecule has 1 aromatic rings.